The molecule has 0 unspecified atom stereocenters. The molecule has 0 saturated heterocycles. The molecule has 1 aliphatic rings. The van der Waals surface area contributed by atoms with Crippen molar-refractivity contribution in [3.8, 4) is 0 Å². The normalized spacial score (nSPS) is 25.2. The Hall–Kier alpha value is 0.660. The topological polar surface area (TPSA) is 20.2 Å². The van der Waals surface area contributed by atoms with Crippen molar-refractivity contribution in [3.05, 3.63) is 9.47 Å². The molecule has 0 aromatic heterocycles. The highest BCUT2D eigenvalue weighted by Crippen LogP contribution is 2.37. The fourth-order valence-corrected chi connectivity index (χ4v) is 2.30. The summed E-state index contributed by atoms with van der Waals surface area (Å²) in [5.41, 5.74) is -0.582. The monoisotopic (exact) mass is 282 g/mol. The van der Waals surface area contributed by atoms with Crippen LogP contribution in [0.1, 0.15) is 32.1 Å². The van der Waals surface area contributed by atoms with Crippen LogP contribution in [0.2, 0.25) is 0 Å². The third-order valence-electron chi connectivity index (χ3n) is 2.22. The number of rotatable bonds is 1. The van der Waals surface area contributed by atoms with E-state index >= 15 is 0 Å². The van der Waals surface area contributed by atoms with Crippen LogP contribution < -0.4 is 0 Å². The van der Waals surface area contributed by atoms with Crippen molar-refractivity contribution in [2.24, 2.45) is 0 Å². The number of halogens is 2. The largest absolute Gasteiger partial charge is 0.385 e. The van der Waals surface area contributed by atoms with Crippen LogP contribution >= 0.6 is 31.9 Å². The van der Waals surface area contributed by atoms with Gasteiger partial charge in [0.15, 0.2) is 0 Å². The second-order valence-corrected chi connectivity index (χ2v) is 4.36. The predicted molar refractivity (Wildman–Crippen MR) is 54.0 cm³/mol. The second-order valence-electron chi connectivity index (χ2n) is 3.05. The zero-order valence-corrected chi connectivity index (χ0v) is 9.49. The van der Waals surface area contributed by atoms with Gasteiger partial charge in [-0.25, -0.2) is 0 Å². The number of hydrogen-bond donors (Lipinski definition) is 1. The van der Waals surface area contributed by atoms with Crippen LogP contribution in [0.15, 0.2) is 9.47 Å². The summed E-state index contributed by atoms with van der Waals surface area (Å²) in [6.45, 7) is 0. The van der Waals surface area contributed by atoms with Crippen molar-refractivity contribution in [3.63, 3.8) is 0 Å². The molecule has 0 atom stereocenters. The third kappa shape index (κ3) is 2.30. The average Bonchev–Trinajstić information content (AvgIpc) is 2.04. The highest BCUT2D eigenvalue weighted by Gasteiger charge is 2.31. The molecule has 11 heavy (non-hydrogen) atoms. The minimum atomic E-state index is -0.582. The van der Waals surface area contributed by atoms with E-state index in [0.717, 1.165) is 30.2 Å². The summed E-state index contributed by atoms with van der Waals surface area (Å²) in [6, 6.07) is 0. The van der Waals surface area contributed by atoms with Gasteiger partial charge in [-0.05, 0) is 17.8 Å². The Balaban J connectivity index is 2.64. The van der Waals surface area contributed by atoms with E-state index in [2.05, 4.69) is 31.9 Å². The summed E-state index contributed by atoms with van der Waals surface area (Å²) in [4.78, 5) is 1.76. The summed E-state index contributed by atoms with van der Waals surface area (Å²) in [5, 5.41) is 9.99. The van der Waals surface area contributed by atoms with Gasteiger partial charge in [0.2, 0.25) is 0 Å². The molecule has 1 N–H and O–H groups in total. The molecule has 1 saturated carbocycles. The lowest BCUT2D eigenvalue weighted by Crippen LogP contribution is -2.31. The highest BCUT2D eigenvalue weighted by molar-refractivity contribution is 9.14. The van der Waals surface area contributed by atoms with E-state index < -0.39 is 5.60 Å². The SMILES string of the molecule is OC1(C(Br)=CBr)CCCCC1. The highest BCUT2D eigenvalue weighted by atomic mass is 79.9. The Kier molecular flexibility index (Phi) is 3.59. The molecule has 1 nitrogen and oxygen atoms in total. The van der Waals surface area contributed by atoms with Gasteiger partial charge in [0, 0.05) is 4.48 Å². The van der Waals surface area contributed by atoms with Crippen LogP contribution in [0.25, 0.3) is 0 Å². The summed E-state index contributed by atoms with van der Waals surface area (Å²) in [5.74, 6) is 0. The maximum Gasteiger partial charge on any atom is 0.0965 e. The van der Waals surface area contributed by atoms with E-state index in [1.165, 1.54) is 6.42 Å². The summed E-state index contributed by atoms with van der Waals surface area (Å²) >= 11 is 6.58. The smallest absolute Gasteiger partial charge is 0.0965 e. The van der Waals surface area contributed by atoms with Gasteiger partial charge in [-0.15, -0.1) is 0 Å². The second kappa shape index (κ2) is 4.06. The van der Waals surface area contributed by atoms with Crippen molar-refractivity contribution in [1.29, 1.82) is 0 Å². The van der Waals surface area contributed by atoms with Gasteiger partial charge >= 0.3 is 0 Å². The van der Waals surface area contributed by atoms with Gasteiger partial charge < -0.3 is 5.11 Å². The van der Waals surface area contributed by atoms with E-state index in [1.807, 2.05) is 0 Å². The Labute approximate surface area is 84.1 Å². The summed E-state index contributed by atoms with van der Waals surface area (Å²) in [7, 11) is 0. The third-order valence-corrected chi connectivity index (χ3v) is 4.26. The number of hydrogen-bond acceptors (Lipinski definition) is 1. The molecule has 0 heterocycles. The lowest BCUT2D eigenvalue weighted by atomic mass is 9.85. The van der Waals surface area contributed by atoms with Gasteiger partial charge in [0.25, 0.3) is 0 Å². The van der Waals surface area contributed by atoms with E-state index in [9.17, 15) is 5.11 Å². The molecular weight excluding hydrogens is 272 g/mol. The Morgan fingerprint density at radius 2 is 1.82 bits per heavy atom. The van der Waals surface area contributed by atoms with Crippen molar-refractivity contribution in [1.82, 2.24) is 0 Å². The standard InChI is InChI=1S/C8H12Br2O/c9-6-7(10)8(11)4-2-1-3-5-8/h6,11H,1-5H2. The van der Waals surface area contributed by atoms with Crippen LogP contribution in [0, 0.1) is 0 Å². The molecule has 1 aliphatic carbocycles. The molecule has 0 aromatic rings. The molecule has 0 aromatic carbocycles. The van der Waals surface area contributed by atoms with Gasteiger partial charge in [0.1, 0.15) is 0 Å². The Morgan fingerprint density at radius 3 is 2.27 bits per heavy atom. The first-order valence-electron chi connectivity index (χ1n) is 3.88. The van der Waals surface area contributed by atoms with Gasteiger partial charge in [-0.3, -0.25) is 0 Å². The Morgan fingerprint density at radius 1 is 1.27 bits per heavy atom. The quantitative estimate of drug-likeness (QED) is 0.783. The zero-order chi connectivity index (χ0) is 8.32. The molecular formula is C8H12Br2O. The van der Waals surface area contributed by atoms with Crippen LogP contribution in [0.5, 0.6) is 0 Å². The van der Waals surface area contributed by atoms with Crippen molar-refractivity contribution in [2.75, 3.05) is 0 Å². The summed E-state index contributed by atoms with van der Waals surface area (Å²) in [6.07, 6.45) is 5.29. The first kappa shape index (κ1) is 9.75. The molecule has 0 amide bonds. The minimum absolute atomic E-state index is 0.582. The lowest BCUT2D eigenvalue weighted by Gasteiger charge is -2.31. The van der Waals surface area contributed by atoms with Gasteiger partial charge in [-0.2, -0.15) is 0 Å². The molecule has 0 aliphatic heterocycles. The fraction of sp³-hybridized carbons (Fsp3) is 0.750. The summed E-state index contributed by atoms with van der Waals surface area (Å²) < 4.78 is 0.879. The van der Waals surface area contributed by atoms with Gasteiger partial charge in [-0.1, -0.05) is 51.1 Å². The molecule has 0 spiro atoms. The molecule has 0 radical (unpaired) electrons. The van der Waals surface area contributed by atoms with E-state index in [4.69, 9.17) is 0 Å². The van der Waals surface area contributed by atoms with Crippen LogP contribution in [0.3, 0.4) is 0 Å². The van der Waals surface area contributed by atoms with Crippen LogP contribution in [-0.2, 0) is 0 Å². The van der Waals surface area contributed by atoms with Crippen molar-refractivity contribution < 1.29 is 5.11 Å². The Bertz CT molecular complexity index is 159. The maximum absolute atomic E-state index is 9.99. The first-order valence-corrected chi connectivity index (χ1v) is 5.59. The maximum atomic E-state index is 9.99. The van der Waals surface area contributed by atoms with E-state index in [0.29, 0.717) is 0 Å². The van der Waals surface area contributed by atoms with E-state index in [1.54, 1.807) is 4.99 Å². The van der Waals surface area contributed by atoms with Gasteiger partial charge in [0.05, 0.1) is 5.60 Å². The van der Waals surface area contributed by atoms with E-state index in [-0.39, 0.29) is 0 Å². The molecule has 64 valence electrons. The molecule has 3 heteroatoms. The predicted octanol–water partition coefficient (Wildman–Crippen LogP) is 3.31. The zero-order valence-electron chi connectivity index (χ0n) is 6.32. The van der Waals surface area contributed by atoms with Crippen LogP contribution in [0.4, 0.5) is 0 Å². The fourth-order valence-electron chi connectivity index (χ4n) is 1.48. The van der Waals surface area contributed by atoms with Crippen molar-refractivity contribution >= 4 is 31.9 Å². The minimum Gasteiger partial charge on any atom is -0.385 e. The molecule has 1 fully saturated rings. The average molecular weight is 284 g/mol. The first-order chi connectivity index (χ1) is 5.19. The van der Waals surface area contributed by atoms with Crippen LogP contribution in [-0.4, -0.2) is 10.7 Å². The lowest BCUT2D eigenvalue weighted by molar-refractivity contribution is 0.0486. The number of aliphatic hydroxyl groups is 1. The van der Waals surface area contributed by atoms with Crippen molar-refractivity contribution in [2.45, 2.75) is 37.7 Å². The molecule has 1 rings (SSSR count). The molecule has 0 bridgehead atoms.